The van der Waals surface area contributed by atoms with Crippen LogP contribution in [-0.2, 0) is 14.3 Å². The number of fused-ring (bicyclic) bond motifs is 5. The molecule has 0 heterocycles. The third-order valence-corrected chi connectivity index (χ3v) is 11.2. The molecule has 4 aliphatic carbocycles. The van der Waals surface area contributed by atoms with E-state index in [0.29, 0.717) is 29.5 Å². The summed E-state index contributed by atoms with van der Waals surface area (Å²) in [5.41, 5.74) is 0.534. The summed E-state index contributed by atoms with van der Waals surface area (Å²) in [6, 6.07) is 0. The summed E-state index contributed by atoms with van der Waals surface area (Å²) in [7, 11) is 0. The van der Waals surface area contributed by atoms with Crippen LogP contribution in [0.3, 0.4) is 0 Å². The lowest BCUT2D eigenvalue weighted by atomic mass is 9.45. The van der Waals surface area contributed by atoms with Crippen molar-refractivity contribution in [3.8, 4) is 0 Å². The number of hydrogen-bond donors (Lipinski definition) is 0. The van der Waals surface area contributed by atoms with Crippen molar-refractivity contribution >= 4 is 11.8 Å². The van der Waals surface area contributed by atoms with Gasteiger partial charge in [0.1, 0.15) is 11.9 Å². The van der Waals surface area contributed by atoms with E-state index in [9.17, 15) is 9.59 Å². The van der Waals surface area contributed by atoms with Gasteiger partial charge in [-0.3, -0.25) is 9.59 Å². The number of hydrogen-bond acceptors (Lipinski definition) is 3. The predicted molar refractivity (Wildman–Crippen MR) is 138 cm³/mol. The maximum atomic E-state index is 12.7. The highest BCUT2D eigenvalue weighted by atomic mass is 16.5. The minimum Gasteiger partial charge on any atom is -0.462 e. The highest BCUT2D eigenvalue weighted by Crippen LogP contribution is 2.66. The summed E-state index contributed by atoms with van der Waals surface area (Å²) in [5, 5.41) is 0. The first-order valence-corrected chi connectivity index (χ1v) is 15.1. The van der Waals surface area contributed by atoms with Crippen molar-refractivity contribution in [2.45, 2.75) is 149 Å². The highest BCUT2D eigenvalue weighted by Gasteiger charge is 2.61. The lowest BCUT2D eigenvalue weighted by Gasteiger charge is -2.60. The molecular formula is C31H52O3. The van der Waals surface area contributed by atoms with Crippen LogP contribution in [0.15, 0.2) is 0 Å². The maximum Gasteiger partial charge on any atom is 0.306 e. The zero-order valence-corrected chi connectivity index (χ0v) is 22.5. The van der Waals surface area contributed by atoms with Crippen LogP contribution in [-0.4, -0.2) is 17.9 Å². The minimum atomic E-state index is 0.0541. The van der Waals surface area contributed by atoms with Crippen molar-refractivity contribution < 1.29 is 14.3 Å². The van der Waals surface area contributed by atoms with Crippen molar-refractivity contribution in [2.24, 2.45) is 34.5 Å². The van der Waals surface area contributed by atoms with Crippen molar-refractivity contribution in [3.63, 3.8) is 0 Å². The van der Waals surface area contributed by atoms with Gasteiger partial charge in [-0.15, -0.1) is 0 Å². The van der Waals surface area contributed by atoms with E-state index in [1.54, 1.807) is 0 Å². The first kappa shape index (κ1) is 26.2. The zero-order valence-electron chi connectivity index (χ0n) is 22.5. The van der Waals surface area contributed by atoms with Gasteiger partial charge in [0.2, 0.25) is 0 Å². The van der Waals surface area contributed by atoms with Crippen LogP contribution in [0, 0.1) is 34.5 Å². The van der Waals surface area contributed by atoms with Crippen LogP contribution >= 0.6 is 0 Å². The highest BCUT2D eigenvalue weighted by molar-refractivity contribution is 5.79. The van der Waals surface area contributed by atoms with Crippen LogP contribution in [0.25, 0.3) is 0 Å². The summed E-state index contributed by atoms with van der Waals surface area (Å²) < 4.78 is 6.20. The fraction of sp³-hybridized carbons (Fsp3) is 0.935. The number of carbonyl (C=O) groups is 2. The molecule has 194 valence electrons. The lowest BCUT2D eigenvalue weighted by molar-refractivity contribution is -0.164. The van der Waals surface area contributed by atoms with Gasteiger partial charge in [-0.05, 0) is 80.5 Å². The molecule has 3 heteroatoms. The molecule has 4 rings (SSSR count). The molecule has 3 nitrogen and oxygen atoms in total. The molecule has 0 amide bonds. The zero-order chi connectivity index (χ0) is 24.2. The van der Waals surface area contributed by atoms with Gasteiger partial charge in [0, 0.05) is 24.7 Å². The van der Waals surface area contributed by atoms with E-state index in [1.807, 2.05) is 0 Å². The number of rotatable bonds is 11. The van der Waals surface area contributed by atoms with Crippen molar-refractivity contribution in [2.75, 3.05) is 0 Å². The molecule has 7 atom stereocenters. The Morgan fingerprint density at radius 1 is 0.824 bits per heavy atom. The average Bonchev–Trinajstić information content (AvgIpc) is 3.14. The second kappa shape index (κ2) is 11.5. The summed E-state index contributed by atoms with van der Waals surface area (Å²) in [4.78, 5) is 24.8. The third-order valence-electron chi connectivity index (χ3n) is 11.2. The molecule has 4 fully saturated rings. The van der Waals surface area contributed by atoms with Crippen LogP contribution in [0.4, 0.5) is 0 Å². The Labute approximate surface area is 209 Å². The summed E-state index contributed by atoms with van der Waals surface area (Å²) in [5.74, 6) is 3.42. The standard InChI is InChI=1S/C31H52O3/c1-4-5-6-7-8-9-10-11-12-13-29(33)34-28-17-16-26-25-15-14-23-22-24(32)18-20-30(23,2)27(25)19-21-31(26,28)3/h23,25-28H,4-22H2,1-3H3/t23-,25-,26-,27-,28+,30-,31-/m0/s1. The van der Waals surface area contributed by atoms with Crippen molar-refractivity contribution in [1.29, 1.82) is 0 Å². The van der Waals surface area contributed by atoms with E-state index >= 15 is 0 Å². The molecule has 0 radical (unpaired) electrons. The van der Waals surface area contributed by atoms with Crippen molar-refractivity contribution in [1.82, 2.24) is 0 Å². The second-order valence-corrected chi connectivity index (χ2v) is 13.1. The molecule has 34 heavy (non-hydrogen) atoms. The van der Waals surface area contributed by atoms with Gasteiger partial charge in [-0.2, -0.15) is 0 Å². The van der Waals surface area contributed by atoms with Gasteiger partial charge in [-0.25, -0.2) is 0 Å². The van der Waals surface area contributed by atoms with E-state index in [2.05, 4.69) is 20.8 Å². The molecule has 4 aliphatic rings. The fourth-order valence-electron chi connectivity index (χ4n) is 8.99. The van der Waals surface area contributed by atoms with E-state index < -0.39 is 0 Å². The second-order valence-electron chi connectivity index (χ2n) is 13.1. The number of carbonyl (C=O) groups excluding carboxylic acids is 2. The normalized spacial score (nSPS) is 39.3. The molecule has 0 unspecified atom stereocenters. The molecule has 0 aromatic rings. The molecule has 0 aromatic carbocycles. The summed E-state index contributed by atoms with van der Waals surface area (Å²) >= 11 is 0. The van der Waals surface area contributed by atoms with Gasteiger partial charge in [0.15, 0.2) is 0 Å². The Hall–Kier alpha value is -0.860. The monoisotopic (exact) mass is 472 g/mol. The Balaban J connectivity index is 1.22. The van der Waals surface area contributed by atoms with Gasteiger partial charge in [0.05, 0.1) is 0 Å². The average molecular weight is 473 g/mol. The SMILES string of the molecule is CCCCCCCCCCCC(=O)O[C@@H]1CC[C@H]2[C@@H]3CC[C@H]4CC(=O)CC[C@]4(C)[C@H]3CC[C@]12C. The van der Waals surface area contributed by atoms with E-state index in [-0.39, 0.29) is 17.5 Å². The van der Waals surface area contributed by atoms with Gasteiger partial charge in [0.25, 0.3) is 0 Å². The minimum absolute atomic E-state index is 0.0541. The molecular weight excluding hydrogens is 420 g/mol. The van der Waals surface area contributed by atoms with E-state index in [4.69, 9.17) is 4.74 Å². The summed E-state index contributed by atoms with van der Waals surface area (Å²) in [6.07, 6.45) is 22.3. The molecule has 0 aliphatic heterocycles. The van der Waals surface area contributed by atoms with Gasteiger partial charge < -0.3 is 4.74 Å². The van der Waals surface area contributed by atoms with Gasteiger partial charge >= 0.3 is 5.97 Å². The Kier molecular flexibility index (Phi) is 8.84. The lowest BCUT2D eigenvalue weighted by Crippen LogP contribution is -2.54. The van der Waals surface area contributed by atoms with E-state index in [1.165, 1.54) is 83.5 Å². The molecule has 0 N–H and O–H groups in total. The number of ketones is 1. The quantitative estimate of drug-likeness (QED) is 0.224. The number of esters is 1. The molecule has 4 saturated carbocycles. The Morgan fingerprint density at radius 3 is 2.24 bits per heavy atom. The number of Topliss-reactive ketones (excluding diaryl/α,β-unsaturated/α-hetero) is 1. The maximum absolute atomic E-state index is 12.7. The number of unbranched alkanes of at least 4 members (excludes halogenated alkanes) is 8. The predicted octanol–water partition coefficient (Wildman–Crippen LogP) is 8.43. The summed E-state index contributed by atoms with van der Waals surface area (Å²) in [6.45, 7) is 7.22. The number of ether oxygens (including phenoxy) is 1. The molecule has 0 saturated heterocycles. The van der Waals surface area contributed by atoms with Crippen LogP contribution < -0.4 is 0 Å². The topological polar surface area (TPSA) is 43.4 Å². The smallest absolute Gasteiger partial charge is 0.306 e. The largest absolute Gasteiger partial charge is 0.462 e. The molecule has 0 aromatic heterocycles. The molecule has 0 bridgehead atoms. The van der Waals surface area contributed by atoms with E-state index in [0.717, 1.165) is 43.9 Å². The first-order valence-electron chi connectivity index (χ1n) is 15.1. The Bertz CT molecular complexity index is 701. The fourth-order valence-corrected chi connectivity index (χ4v) is 8.99. The van der Waals surface area contributed by atoms with Crippen LogP contribution in [0.1, 0.15) is 143 Å². The Morgan fingerprint density at radius 2 is 1.50 bits per heavy atom. The van der Waals surface area contributed by atoms with Crippen LogP contribution in [0.5, 0.6) is 0 Å². The van der Waals surface area contributed by atoms with Crippen LogP contribution in [0.2, 0.25) is 0 Å². The first-order chi connectivity index (χ1) is 16.4. The third kappa shape index (κ3) is 5.44. The van der Waals surface area contributed by atoms with Gasteiger partial charge in [-0.1, -0.05) is 72.1 Å². The van der Waals surface area contributed by atoms with Crippen molar-refractivity contribution in [3.05, 3.63) is 0 Å². The molecule has 0 spiro atoms.